The number of alkyl halides is 2. The SMILES string of the molecule is COc1ccc(C(=O)O[C@@H](C)C(=O)Nc2ccccc2OC(F)F)cc1F. The van der Waals surface area contributed by atoms with E-state index in [1.165, 1.54) is 50.4 Å². The molecule has 0 bridgehead atoms. The van der Waals surface area contributed by atoms with Crippen LogP contribution in [0.5, 0.6) is 11.5 Å². The van der Waals surface area contributed by atoms with E-state index in [4.69, 9.17) is 9.47 Å². The van der Waals surface area contributed by atoms with Gasteiger partial charge in [-0.2, -0.15) is 8.78 Å². The smallest absolute Gasteiger partial charge is 0.387 e. The molecule has 144 valence electrons. The van der Waals surface area contributed by atoms with Gasteiger partial charge in [-0.3, -0.25) is 4.79 Å². The van der Waals surface area contributed by atoms with Crippen molar-refractivity contribution >= 4 is 17.6 Å². The summed E-state index contributed by atoms with van der Waals surface area (Å²) in [5, 5.41) is 2.33. The second kappa shape index (κ2) is 8.93. The molecule has 0 spiro atoms. The molecule has 0 heterocycles. The highest BCUT2D eigenvalue weighted by molar-refractivity contribution is 5.98. The zero-order valence-corrected chi connectivity index (χ0v) is 14.4. The predicted octanol–water partition coefficient (Wildman–Crippen LogP) is 3.62. The number of rotatable bonds is 7. The molecule has 0 radical (unpaired) electrons. The van der Waals surface area contributed by atoms with Crippen molar-refractivity contribution in [3.63, 3.8) is 0 Å². The van der Waals surface area contributed by atoms with Crippen LogP contribution in [0.25, 0.3) is 0 Å². The number of anilines is 1. The summed E-state index contributed by atoms with van der Waals surface area (Å²) in [5.41, 5.74) is -0.129. The van der Waals surface area contributed by atoms with Gasteiger partial charge in [0.1, 0.15) is 5.75 Å². The molecule has 0 aliphatic heterocycles. The first-order chi connectivity index (χ1) is 12.8. The molecule has 27 heavy (non-hydrogen) atoms. The van der Waals surface area contributed by atoms with Crippen LogP contribution in [0, 0.1) is 5.82 Å². The average Bonchev–Trinajstić information content (AvgIpc) is 2.62. The molecule has 1 amide bonds. The summed E-state index contributed by atoms with van der Waals surface area (Å²) in [7, 11) is 1.28. The van der Waals surface area contributed by atoms with Crippen molar-refractivity contribution in [2.45, 2.75) is 19.6 Å². The number of halogens is 3. The first-order valence-electron chi connectivity index (χ1n) is 7.71. The Balaban J connectivity index is 2.03. The van der Waals surface area contributed by atoms with Gasteiger partial charge in [0.15, 0.2) is 17.7 Å². The number of ether oxygens (including phenoxy) is 3. The van der Waals surface area contributed by atoms with Crippen LogP contribution in [0.1, 0.15) is 17.3 Å². The summed E-state index contributed by atoms with van der Waals surface area (Å²) in [4.78, 5) is 24.2. The summed E-state index contributed by atoms with van der Waals surface area (Å²) < 4.78 is 52.5. The number of hydrogen-bond donors (Lipinski definition) is 1. The van der Waals surface area contributed by atoms with Crippen LogP contribution in [-0.2, 0) is 9.53 Å². The Morgan fingerprint density at radius 1 is 1.07 bits per heavy atom. The zero-order valence-electron chi connectivity index (χ0n) is 14.4. The number of methoxy groups -OCH3 is 1. The number of carbonyl (C=O) groups is 2. The van der Waals surface area contributed by atoms with Gasteiger partial charge in [-0.25, -0.2) is 9.18 Å². The lowest BCUT2D eigenvalue weighted by Gasteiger charge is -2.16. The van der Waals surface area contributed by atoms with Crippen LogP contribution in [0.3, 0.4) is 0 Å². The lowest BCUT2D eigenvalue weighted by Crippen LogP contribution is -2.30. The van der Waals surface area contributed by atoms with Crippen molar-refractivity contribution in [1.82, 2.24) is 0 Å². The summed E-state index contributed by atoms with van der Waals surface area (Å²) in [6.07, 6.45) is -1.28. The van der Waals surface area contributed by atoms with E-state index in [2.05, 4.69) is 10.1 Å². The van der Waals surface area contributed by atoms with Crippen LogP contribution >= 0.6 is 0 Å². The monoisotopic (exact) mass is 383 g/mol. The molecule has 0 saturated carbocycles. The molecule has 1 atom stereocenters. The summed E-state index contributed by atoms with van der Waals surface area (Å²) in [6.45, 7) is -1.78. The maximum atomic E-state index is 13.7. The fraction of sp³-hybridized carbons (Fsp3) is 0.222. The van der Waals surface area contributed by atoms with Gasteiger partial charge >= 0.3 is 12.6 Å². The van der Waals surface area contributed by atoms with Gasteiger partial charge in [-0.15, -0.1) is 0 Å². The van der Waals surface area contributed by atoms with Gasteiger partial charge in [0.2, 0.25) is 0 Å². The topological polar surface area (TPSA) is 73.9 Å². The highest BCUT2D eigenvalue weighted by atomic mass is 19.3. The van der Waals surface area contributed by atoms with Gasteiger partial charge in [0, 0.05) is 0 Å². The molecule has 0 saturated heterocycles. The molecule has 0 aliphatic carbocycles. The standard InChI is InChI=1S/C18H16F3NO5/c1-10(26-17(24)11-7-8-14(25-2)12(19)9-11)16(23)22-13-5-3-4-6-15(13)27-18(20)21/h3-10,18H,1-2H3,(H,22,23)/t10-/m0/s1. The van der Waals surface area contributed by atoms with Crippen molar-refractivity contribution in [1.29, 1.82) is 0 Å². The van der Waals surface area contributed by atoms with Crippen LogP contribution in [0.15, 0.2) is 42.5 Å². The normalized spacial score (nSPS) is 11.6. The van der Waals surface area contributed by atoms with E-state index in [0.717, 1.165) is 6.07 Å². The fourth-order valence-corrected chi connectivity index (χ4v) is 2.08. The number of hydrogen-bond acceptors (Lipinski definition) is 5. The number of para-hydroxylation sites is 2. The van der Waals surface area contributed by atoms with Gasteiger partial charge in [-0.1, -0.05) is 12.1 Å². The molecular weight excluding hydrogens is 367 g/mol. The fourth-order valence-electron chi connectivity index (χ4n) is 2.08. The van der Waals surface area contributed by atoms with Crippen LogP contribution in [0.4, 0.5) is 18.9 Å². The maximum absolute atomic E-state index is 13.7. The molecule has 0 aromatic heterocycles. The van der Waals surface area contributed by atoms with Crippen molar-refractivity contribution in [2.75, 3.05) is 12.4 Å². The first kappa shape index (κ1) is 20.1. The average molecular weight is 383 g/mol. The van der Waals surface area contributed by atoms with Gasteiger partial charge in [0.05, 0.1) is 18.4 Å². The van der Waals surface area contributed by atoms with Crippen LogP contribution in [0.2, 0.25) is 0 Å². The third-order valence-electron chi connectivity index (χ3n) is 3.40. The molecule has 0 unspecified atom stereocenters. The molecule has 2 aromatic carbocycles. The second-order valence-electron chi connectivity index (χ2n) is 5.26. The Labute approximate surface area is 152 Å². The molecule has 0 aliphatic rings. The van der Waals surface area contributed by atoms with E-state index in [0.29, 0.717) is 0 Å². The molecule has 2 rings (SSSR count). The van der Waals surface area contributed by atoms with Gasteiger partial charge in [0.25, 0.3) is 5.91 Å². The molecular formula is C18H16F3NO5. The number of carbonyl (C=O) groups excluding carboxylic acids is 2. The van der Waals surface area contributed by atoms with Crippen molar-refractivity contribution in [3.05, 3.63) is 53.8 Å². The third-order valence-corrected chi connectivity index (χ3v) is 3.40. The van der Waals surface area contributed by atoms with E-state index in [-0.39, 0.29) is 22.7 Å². The number of amides is 1. The summed E-state index contributed by atoms with van der Waals surface area (Å²) in [5.74, 6) is -2.76. The minimum Gasteiger partial charge on any atom is -0.494 e. The minimum absolute atomic E-state index is 0.0128. The first-order valence-corrected chi connectivity index (χ1v) is 7.71. The van der Waals surface area contributed by atoms with Crippen LogP contribution < -0.4 is 14.8 Å². The Hall–Kier alpha value is -3.23. The second-order valence-corrected chi connectivity index (χ2v) is 5.26. The molecule has 9 heteroatoms. The Morgan fingerprint density at radius 3 is 2.41 bits per heavy atom. The lowest BCUT2D eigenvalue weighted by atomic mass is 10.2. The highest BCUT2D eigenvalue weighted by Gasteiger charge is 2.21. The summed E-state index contributed by atoms with van der Waals surface area (Å²) in [6, 6.07) is 8.99. The number of nitrogens with one attached hydrogen (secondary N) is 1. The largest absolute Gasteiger partial charge is 0.494 e. The summed E-state index contributed by atoms with van der Waals surface area (Å²) >= 11 is 0. The molecule has 6 nitrogen and oxygen atoms in total. The van der Waals surface area contributed by atoms with E-state index in [1.807, 2.05) is 0 Å². The predicted molar refractivity (Wildman–Crippen MR) is 89.5 cm³/mol. The molecule has 2 aromatic rings. The van der Waals surface area contributed by atoms with E-state index in [1.54, 1.807) is 0 Å². The van der Waals surface area contributed by atoms with E-state index >= 15 is 0 Å². The highest BCUT2D eigenvalue weighted by Crippen LogP contribution is 2.26. The molecule has 0 fully saturated rings. The lowest BCUT2D eigenvalue weighted by molar-refractivity contribution is -0.123. The van der Waals surface area contributed by atoms with Crippen molar-refractivity contribution < 1.29 is 37.0 Å². The Kier molecular flexibility index (Phi) is 6.64. The number of esters is 1. The maximum Gasteiger partial charge on any atom is 0.387 e. The van der Waals surface area contributed by atoms with Gasteiger partial charge in [-0.05, 0) is 37.3 Å². The van der Waals surface area contributed by atoms with Crippen LogP contribution in [-0.4, -0.2) is 31.7 Å². The number of benzene rings is 2. The quantitative estimate of drug-likeness (QED) is 0.740. The Morgan fingerprint density at radius 2 is 1.78 bits per heavy atom. The van der Waals surface area contributed by atoms with E-state index in [9.17, 15) is 22.8 Å². The zero-order chi connectivity index (χ0) is 20.0. The Bertz CT molecular complexity index is 828. The van der Waals surface area contributed by atoms with Crippen molar-refractivity contribution in [3.8, 4) is 11.5 Å². The third kappa shape index (κ3) is 5.37. The van der Waals surface area contributed by atoms with E-state index < -0.39 is 30.4 Å². The van der Waals surface area contributed by atoms with Crippen molar-refractivity contribution in [2.24, 2.45) is 0 Å². The van der Waals surface area contributed by atoms with Gasteiger partial charge < -0.3 is 19.5 Å². The minimum atomic E-state index is -3.07. The molecule has 1 N–H and O–H groups in total.